The number of benzene rings is 1. The van der Waals surface area contributed by atoms with Crippen LogP contribution in [-0.2, 0) is 4.79 Å². The summed E-state index contributed by atoms with van der Waals surface area (Å²) in [5.41, 5.74) is 1.95. The number of aliphatic carboxylic acids is 1. The lowest BCUT2D eigenvalue weighted by Crippen LogP contribution is -2.10. The second-order valence-corrected chi connectivity index (χ2v) is 4.15. The Morgan fingerprint density at radius 3 is 2.33 bits per heavy atom. The predicted octanol–water partition coefficient (Wildman–Crippen LogP) is 2.49. The first kappa shape index (κ1) is 11.9. The van der Waals surface area contributed by atoms with Crippen LogP contribution in [-0.4, -0.2) is 23.9 Å². The third kappa shape index (κ3) is 3.16. The van der Waals surface area contributed by atoms with Gasteiger partial charge in [-0.2, -0.15) is 0 Å². The summed E-state index contributed by atoms with van der Waals surface area (Å²) in [6.07, 6.45) is 2.01. The number of carboxylic acid groups (broad SMARTS) is 1. The Bertz CT molecular complexity index is 351. The number of hydrogen-bond donors (Lipinski definition) is 1. The predicted molar refractivity (Wildman–Crippen MR) is 60.8 cm³/mol. The van der Waals surface area contributed by atoms with Crippen molar-refractivity contribution in [3.8, 4) is 5.75 Å². The van der Waals surface area contributed by atoms with E-state index in [4.69, 9.17) is 9.84 Å². The highest BCUT2D eigenvalue weighted by molar-refractivity contribution is 7.98. The monoisotopic (exact) mass is 226 g/mol. The van der Waals surface area contributed by atoms with Gasteiger partial charge >= 0.3 is 5.97 Å². The molecule has 0 spiro atoms. The number of thioether (sulfide) groups is 1. The third-order valence-electron chi connectivity index (χ3n) is 2.01. The smallest absolute Gasteiger partial charge is 0.341 e. The zero-order chi connectivity index (χ0) is 11.4. The van der Waals surface area contributed by atoms with Gasteiger partial charge in [-0.05, 0) is 43.4 Å². The maximum Gasteiger partial charge on any atom is 0.341 e. The van der Waals surface area contributed by atoms with Crippen molar-refractivity contribution in [1.29, 1.82) is 0 Å². The first-order chi connectivity index (χ1) is 7.04. The Morgan fingerprint density at radius 2 is 1.93 bits per heavy atom. The van der Waals surface area contributed by atoms with E-state index in [2.05, 4.69) is 0 Å². The highest BCUT2D eigenvalue weighted by Crippen LogP contribution is 2.28. The third-order valence-corrected chi connectivity index (χ3v) is 2.72. The summed E-state index contributed by atoms with van der Waals surface area (Å²) in [5, 5.41) is 8.53. The fourth-order valence-corrected chi connectivity index (χ4v) is 1.98. The molecule has 1 rings (SSSR count). The van der Waals surface area contributed by atoms with Crippen LogP contribution in [0.25, 0.3) is 0 Å². The van der Waals surface area contributed by atoms with Gasteiger partial charge in [-0.15, -0.1) is 11.8 Å². The van der Waals surface area contributed by atoms with Crippen molar-refractivity contribution in [1.82, 2.24) is 0 Å². The summed E-state index contributed by atoms with van der Waals surface area (Å²) in [6.45, 7) is 3.55. The van der Waals surface area contributed by atoms with E-state index in [1.54, 1.807) is 11.8 Å². The fourth-order valence-electron chi connectivity index (χ4n) is 1.39. The maximum atomic E-state index is 10.4. The van der Waals surface area contributed by atoms with Crippen molar-refractivity contribution < 1.29 is 14.6 Å². The van der Waals surface area contributed by atoms with E-state index < -0.39 is 5.97 Å². The molecule has 82 valence electrons. The highest BCUT2D eigenvalue weighted by Gasteiger charge is 2.07. The first-order valence-electron chi connectivity index (χ1n) is 4.54. The largest absolute Gasteiger partial charge is 0.481 e. The molecule has 0 aromatic heterocycles. The molecule has 0 saturated heterocycles. The van der Waals surface area contributed by atoms with Crippen molar-refractivity contribution >= 4 is 17.7 Å². The zero-order valence-corrected chi connectivity index (χ0v) is 9.85. The lowest BCUT2D eigenvalue weighted by Gasteiger charge is -2.11. The van der Waals surface area contributed by atoms with E-state index in [1.807, 2.05) is 32.2 Å². The summed E-state index contributed by atoms with van der Waals surface area (Å²) in [6, 6.07) is 3.99. The molecule has 1 aromatic carbocycles. The van der Waals surface area contributed by atoms with Gasteiger partial charge in [-0.3, -0.25) is 0 Å². The Morgan fingerprint density at radius 1 is 1.40 bits per heavy atom. The van der Waals surface area contributed by atoms with Gasteiger partial charge in [0.1, 0.15) is 5.75 Å². The van der Waals surface area contributed by atoms with Crippen LogP contribution in [0.4, 0.5) is 0 Å². The van der Waals surface area contributed by atoms with Crippen molar-refractivity contribution in [2.24, 2.45) is 0 Å². The first-order valence-corrected chi connectivity index (χ1v) is 5.77. The van der Waals surface area contributed by atoms with Gasteiger partial charge in [-0.1, -0.05) is 0 Å². The van der Waals surface area contributed by atoms with Crippen LogP contribution in [0, 0.1) is 13.8 Å². The molecule has 0 aliphatic carbocycles. The number of carboxylic acids is 1. The Kier molecular flexibility index (Phi) is 4.03. The van der Waals surface area contributed by atoms with Gasteiger partial charge in [0.15, 0.2) is 6.61 Å². The number of ether oxygens (including phenoxy) is 1. The minimum Gasteiger partial charge on any atom is -0.481 e. The van der Waals surface area contributed by atoms with Gasteiger partial charge in [-0.25, -0.2) is 4.79 Å². The minimum absolute atomic E-state index is 0.291. The molecule has 0 aliphatic heterocycles. The number of aryl methyl sites for hydroxylation is 2. The normalized spacial score (nSPS) is 10.1. The van der Waals surface area contributed by atoms with Crippen LogP contribution < -0.4 is 4.74 Å². The Hall–Kier alpha value is -1.16. The van der Waals surface area contributed by atoms with Gasteiger partial charge in [0.25, 0.3) is 0 Å². The Balaban J connectivity index is 2.92. The second kappa shape index (κ2) is 5.07. The number of rotatable bonds is 4. The molecule has 0 heterocycles. The van der Waals surface area contributed by atoms with E-state index in [1.165, 1.54) is 0 Å². The maximum absolute atomic E-state index is 10.4. The molecular weight excluding hydrogens is 212 g/mol. The number of hydrogen-bond acceptors (Lipinski definition) is 3. The van der Waals surface area contributed by atoms with Crippen LogP contribution in [0.2, 0.25) is 0 Å². The summed E-state index contributed by atoms with van der Waals surface area (Å²) < 4.78 is 5.22. The molecule has 0 aliphatic rings. The summed E-state index contributed by atoms with van der Waals surface area (Å²) in [4.78, 5) is 11.5. The summed E-state index contributed by atoms with van der Waals surface area (Å²) in [7, 11) is 0. The quantitative estimate of drug-likeness (QED) is 0.801. The van der Waals surface area contributed by atoms with E-state index in [0.29, 0.717) is 5.75 Å². The van der Waals surface area contributed by atoms with Crippen LogP contribution in [0.15, 0.2) is 17.0 Å². The molecular formula is C11H14O3S. The molecule has 1 aromatic rings. The average Bonchev–Trinajstić information content (AvgIpc) is 2.15. The fraction of sp³-hybridized carbons (Fsp3) is 0.364. The molecule has 0 unspecified atom stereocenters. The van der Waals surface area contributed by atoms with Crippen LogP contribution in [0.1, 0.15) is 11.1 Å². The van der Waals surface area contributed by atoms with Crippen LogP contribution in [0.5, 0.6) is 5.75 Å². The minimum atomic E-state index is -0.956. The van der Waals surface area contributed by atoms with Crippen molar-refractivity contribution in [2.75, 3.05) is 12.9 Å². The SMILES string of the molecule is CSc1cc(C)c(OCC(=O)O)c(C)c1. The zero-order valence-electron chi connectivity index (χ0n) is 9.03. The number of carbonyl (C=O) groups is 1. The summed E-state index contributed by atoms with van der Waals surface area (Å²) >= 11 is 1.66. The van der Waals surface area contributed by atoms with E-state index in [9.17, 15) is 4.79 Å². The van der Waals surface area contributed by atoms with Crippen molar-refractivity contribution in [3.05, 3.63) is 23.3 Å². The van der Waals surface area contributed by atoms with E-state index in [-0.39, 0.29) is 6.61 Å². The molecule has 0 fully saturated rings. The molecule has 1 N–H and O–H groups in total. The summed E-state index contributed by atoms with van der Waals surface area (Å²) in [5.74, 6) is -0.280. The van der Waals surface area contributed by atoms with Crippen LogP contribution >= 0.6 is 11.8 Å². The van der Waals surface area contributed by atoms with E-state index in [0.717, 1.165) is 16.0 Å². The standard InChI is InChI=1S/C11H14O3S/c1-7-4-9(15-3)5-8(2)11(7)14-6-10(12)13/h4-5H,6H2,1-3H3,(H,12,13). The lowest BCUT2D eigenvalue weighted by molar-refractivity contribution is -0.139. The van der Waals surface area contributed by atoms with Crippen molar-refractivity contribution in [2.45, 2.75) is 18.7 Å². The van der Waals surface area contributed by atoms with Gasteiger partial charge < -0.3 is 9.84 Å². The van der Waals surface area contributed by atoms with E-state index >= 15 is 0 Å². The van der Waals surface area contributed by atoms with Crippen molar-refractivity contribution in [3.63, 3.8) is 0 Å². The second-order valence-electron chi connectivity index (χ2n) is 3.27. The molecule has 0 radical (unpaired) electrons. The molecule has 0 atom stereocenters. The molecule has 4 heteroatoms. The molecule has 0 bridgehead atoms. The Labute approximate surface area is 93.4 Å². The van der Waals surface area contributed by atoms with Gasteiger partial charge in [0.2, 0.25) is 0 Å². The topological polar surface area (TPSA) is 46.5 Å². The molecule has 15 heavy (non-hydrogen) atoms. The molecule has 3 nitrogen and oxygen atoms in total. The van der Waals surface area contributed by atoms with Gasteiger partial charge in [0.05, 0.1) is 0 Å². The van der Waals surface area contributed by atoms with Crippen LogP contribution in [0.3, 0.4) is 0 Å². The lowest BCUT2D eigenvalue weighted by atomic mass is 10.1. The van der Waals surface area contributed by atoms with Gasteiger partial charge in [0, 0.05) is 4.90 Å². The highest BCUT2D eigenvalue weighted by atomic mass is 32.2. The molecule has 0 amide bonds. The molecule has 0 saturated carbocycles. The average molecular weight is 226 g/mol.